The van der Waals surface area contributed by atoms with Crippen molar-refractivity contribution in [3.8, 4) is 0 Å². The van der Waals surface area contributed by atoms with E-state index in [0.29, 0.717) is 5.92 Å². The summed E-state index contributed by atoms with van der Waals surface area (Å²) in [6.45, 7) is 6.50. The number of hydrogen-bond donors (Lipinski definition) is 2. The molecule has 0 aliphatic heterocycles. The van der Waals surface area contributed by atoms with Crippen LogP contribution in [0.3, 0.4) is 0 Å². The Balaban J connectivity index is 2.36. The highest BCUT2D eigenvalue weighted by molar-refractivity contribution is 5.34. The molecule has 0 aliphatic rings. The van der Waals surface area contributed by atoms with E-state index < -0.39 is 0 Å². The molecule has 0 amide bonds. The molecule has 0 bridgehead atoms. The number of hydrogen-bond acceptors (Lipinski definition) is 2. The molecule has 0 saturated heterocycles. The zero-order valence-corrected chi connectivity index (χ0v) is 12.6. The van der Waals surface area contributed by atoms with E-state index in [1.54, 1.807) is 0 Å². The van der Waals surface area contributed by atoms with Crippen molar-refractivity contribution in [2.45, 2.75) is 39.2 Å². The third-order valence-electron chi connectivity index (χ3n) is 4.14. The quantitative estimate of drug-likeness (QED) is 0.635. The van der Waals surface area contributed by atoms with Crippen LogP contribution >= 0.6 is 0 Å². The molecule has 2 aromatic rings. The fourth-order valence-corrected chi connectivity index (χ4v) is 2.77. The first-order chi connectivity index (χ1) is 9.67. The van der Waals surface area contributed by atoms with Crippen molar-refractivity contribution in [2.24, 2.45) is 5.84 Å². The number of rotatable bonds is 5. The van der Waals surface area contributed by atoms with Gasteiger partial charge in [-0.2, -0.15) is 0 Å². The number of nitrogens with one attached hydrogen (secondary N) is 1. The molecular formula is C18H24N2. The molecule has 0 aliphatic carbocycles. The fourth-order valence-electron chi connectivity index (χ4n) is 2.77. The van der Waals surface area contributed by atoms with E-state index in [1.807, 2.05) is 0 Å². The van der Waals surface area contributed by atoms with Gasteiger partial charge in [-0.05, 0) is 42.5 Å². The van der Waals surface area contributed by atoms with Crippen LogP contribution in [0.5, 0.6) is 0 Å². The molecule has 0 radical (unpaired) electrons. The smallest absolute Gasteiger partial charge is 0.0528 e. The topological polar surface area (TPSA) is 38.0 Å². The zero-order valence-electron chi connectivity index (χ0n) is 12.6. The van der Waals surface area contributed by atoms with Crippen LogP contribution in [-0.4, -0.2) is 0 Å². The largest absolute Gasteiger partial charge is 0.271 e. The molecule has 2 atom stereocenters. The van der Waals surface area contributed by atoms with Crippen molar-refractivity contribution in [3.63, 3.8) is 0 Å². The van der Waals surface area contributed by atoms with Gasteiger partial charge < -0.3 is 0 Å². The minimum absolute atomic E-state index is 0.140. The Morgan fingerprint density at radius 1 is 0.950 bits per heavy atom. The Morgan fingerprint density at radius 3 is 2.20 bits per heavy atom. The molecule has 2 aromatic carbocycles. The standard InChI is InChI=1S/C18H24N2/c1-4-17(15-8-6-5-7-9-15)18(20-19)16-11-10-13(2)14(3)12-16/h5-12,17-18,20H,4,19H2,1-3H3. The molecule has 0 fully saturated rings. The van der Waals surface area contributed by atoms with E-state index in [2.05, 4.69) is 74.7 Å². The summed E-state index contributed by atoms with van der Waals surface area (Å²) in [7, 11) is 0. The average Bonchev–Trinajstić information content (AvgIpc) is 2.48. The van der Waals surface area contributed by atoms with Crippen molar-refractivity contribution < 1.29 is 0 Å². The lowest BCUT2D eigenvalue weighted by atomic mass is 9.85. The molecule has 2 unspecified atom stereocenters. The van der Waals surface area contributed by atoms with Gasteiger partial charge in [0.15, 0.2) is 0 Å². The van der Waals surface area contributed by atoms with Crippen LogP contribution in [0, 0.1) is 13.8 Å². The van der Waals surface area contributed by atoms with Gasteiger partial charge in [-0.25, -0.2) is 0 Å². The fraction of sp³-hybridized carbons (Fsp3) is 0.333. The summed E-state index contributed by atoms with van der Waals surface area (Å²) >= 11 is 0. The second kappa shape index (κ2) is 6.69. The second-order valence-corrected chi connectivity index (χ2v) is 5.41. The van der Waals surface area contributed by atoms with Crippen LogP contribution in [0.4, 0.5) is 0 Å². The highest BCUT2D eigenvalue weighted by Gasteiger charge is 2.22. The predicted molar refractivity (Wildman–Crippen MR) is 85.5 cm³/mol. The number of nitrogens with two attached hydrogens (primary N) is 1. The predicted octanol–water partition coefficient (Wildman–Crippen LogP) is 4.00. The maximum atomic E-state index is 5.86. The number of benzene rings is 2. The lowest BCUT2D eigenvalue weighted by Gasteiger charge is -2.27. The van der Waals surface area contributed by atoms with E-state index in [4.69, 9.17) is 5.84 Å². The Hall–Kier alpha value is -1.64. The number of aryl methyl sites for hydroxylation is 2. The van der Waals surface area contributed by atoms with Gasteiger partial charge in [0, 0.05) is 5.92 Å². The minimum atomic E-state index is 0.140. The van der Waals surface area contributed by atoms with E-state index in [1.165, 1.54) is 22.3 Å². The Kier molecular flexibility index (Phi) is 4.94. The maximum absolute atomic E-state index is 5.86. The van der Waals surface area contributed by atoms with Gasteiger partial charge in [-0.15, -0.1) is 0 Å². The molecule has 2 heteroatoms. The SMILES string of the molecule is CCC(c1ccccc1)C(NN)c1ccc(C)c(C)c1. The summed E-state index contributed by atoms with van der Waals surface area (Å²) in [6, 6.07) is 17.3. The Bertz CT molecular complexity index is 549. The first kappa shape index (κ1) is 14.8. The molecule has 2 rings (SSSR count). The summed E-state index contributed by atoms with van der Waals surface area (Å²) in [6.07, 6.45) is 1.05. The van der Waals surface area contributed by atoms with E-state index in [9.17, 15) is 0 Å². The van der Waals surface area contributed by atoms with Crippen LogP contribution in [0.25, 0.3) is 0 Å². The van der Waals surface area contributed by atoms with Crippen molar-refractivity contribution in [3.05, 3.63) is 70.8 Å². The molecule has 3 N–H and O–H groups in total. The highest BCUT2D eigenvalue weighted by Crippen LogP contribution is 2.33. The molecule has 0 saturated carbocycles. The third-order valence-corrected chi connectivity index (χ3v) is 4.14. The third kappa shape index (κ3) is 3.09. The Morgan fingerprint density at radius 2 is 1.65 bits per heavy atom. The molecule has 0 spiro atoms. The van der Waals surface area contributed by atoms with Crippen molar-refractivity contribution in [2.75, 3.05) is 0 Å². The van der Waals surface area contributed by atoms with Crippen LogP contribution < -0.4 is 11.3 Å². The van der Waals surface area contributed by atoms with E-state index in [0.717, 1.165) is 6.42 Å². The summed E-state index contributed by atoms with van der Waals surface area (Å²) < 4.78 is 0. The zero-order chi connectivity index (χ0) is 14.5. The van der Waals surface area contributed by atoms with Gasteiger partial charge in [0.1, 0.15) is 0 Å². The van der Waals surface area contributed by atoms with Crippen molar-refractivity contribution in [1.82, 2.24) is 5.43 Å². The normalized spacial score (nSPS) is 14.0. The monoisotopic (exact) mass is 268 g/mol. The molecule has 2 nitrogen and oxygen atoms in total. The first-order valence-corrected chi connectivity index (χ1v) is 7.25. The average molecular weight is 268 g/mol. The first-order valence-electron chi connectivity index (χ1n) is 7.25. The molecule has 0 aromatic heterocycles. The van der Waals surface area contributed by atoms with Gasteiger partial charge in [0.25, 0.3) is 0 Å². The molecular weight excluding hydrogens is 244 g/mol. The molecule has 20 heavy (non-hydrogen) atoms. The van der Waals surface area contributed by atoms with Crippen LogP contribution in [0.2, 0.25) is 0 Å². The van der Waals surface area contributed by atoms with E-state index >= 15 is 0 Å². The summed E-state index contributed by atoms with van der Waals surface area (Å²) in [5, 5.41) is 0. The summed E-state index contributed by atoms with van der Waals surface area (Å²) in [5.74, 6) is 6.23. The maximum Gasteiger partial charge on any atom is 0.0528 e. The van der Waals surface area contributed by atoms with Crippen LogP contribution in [0.1, 0.15) is 47.6 Å². The van der Waals surface area contributed by atoms with Crippen LogP contribution in [-0.2, 0) is 0 Å². The van der Waals surface area contributed by atoms with Gasteiger partial charge >= 0.3 is 0 Å². The van der Waals surface area contributed by atoms with Gasteiger partial charge in [-0.3, -0.25) is 11.3 Å². The summed E-state index contributed by atoms with van der Waals surface area (Å²) in [4.78, 5) is 0. The minimum Gasteiger partial charge on any atom is -0.271 e. The molecule has 106 valence electrons. The van der Waals surface area contributed by atoms with Crippen molar-refractivity contribution in [1.29, 1.82) is 0 Å². The lowest BCUT2D eigenvalue weighted by Crippen LogP contribution is -2.32. The highest BCUT2D eigenvalue weighted by atomic mass is 15.2. The number of hydrazine groups is 1. The van der Waals surface area contributed by atoms with Gasteiger partial charge in [0.05, 0.1) is 6.04 Å². The van der Waals surface area contributed by atoms with Crippen LogP contribution in [0.15, 0.2) is 48.5 Å². The summed E-state index contributed by atoms with van der Waals surface area (Å²) in [5.41, 5.74) is 8.23. The lowest BCUT2D eigenvalue weighted by molar-refractivity contribution is 0.445. The molecule has 0 heterocycles. The second-order valence-electron chi connectivity index (χ2n) is 5.41. The van der Waals surface area contributed by atoms with E-state index in [-0.39, 0.29) is 6.04 Å². The van der Waals surface area contributed by atoms with Crippen molar-refractivity contribution >= 4 is 0 Å². The van der Waals surface area contributed by atoms with Gasteiger partial charge in [0.2, 0.25) is 0 Å². The van der Waals surface area contributed by atoms with Gasteiger partial charge in [-0.1, -0.05) is 55.5 Å². The Labute approximate surface area is 122 Å².